The molecule has 1 aliphatic rings. The Labute approximate surface area is 221 Å². The van der Waals surface area contributed by atoms with Crippen LogP contribution in [0.4, 0.5) is 0 Å². The molecular formula is C32H62O2Si. The Morgan fingerprint density at radius 3 is 2.40 bits per heavy atom. The van der Waals surface area contributed by atoms with Crippen molar-refractivity contribution in [2.45, 2.75) is 142 Å². The molecule has 1 rings (SSSR count). The van der Waals surface area contributed by atoms with E-state index in [1.807, 2.05) is 6.08 Å². The SMILES string of the molecule is C=CCCCCCCOCCC(CCCC[C@H]1CCC[C@@H]1C=CCCCCCC)CO[Si](C)(C)C. The Kier molecular flexibility index (Phi) is 20.2. The van der Waals surface area contributed by atoms with Crippen LogP contribution in [0.1, 0.15) is 122 Å². The van der Waals surface area contributed by atoms with Gasteiger partial charge in [0, 0.05) is 19.8 Å². The summed E-state index contributed by atoms with van der Waals surface area (Å²) in [6.45, 7) is 15.8. The molecule has 1 fully saturated rings. The van der Waals surface area contributed by atoms with Gasteiger partial charge in [0.2, 0.25) is 0 Å². The lowest BCUT2D eigenvalue weighted by Crippen LogP contribution is -2.29. The van der Waals surface area contributed by atoms with Crippen molar-refractivity contribution in [3.8, 4) is 0 Å². The highest BCUT2D eigenvalue weighted by Gasteiger charge is 2.24. The molecule has 0 bridgehead atoms. The van der Waals surface area contributed by atoms with E-state index >= 15 is 0 Å². The van der Waals surface area contributed by atoms with E-state index in [1.165, 1.54) is 103 Å². The van der Waals surface area contributed by atoms with Crippen LogP contribution in [0.3, 0.4) is 0 Å². The summed E-state index contributed by atoms with van der Waals surface area (Å²) >= 11 is 0. The van der Waals surface area contributed by atoms with Crippen LogP contribution in [0.2, 0.25) is 19.6 Å². The van der Waals surface area contributed by atoms with Gasteiger partial charge in [-0.2, -0.15) is 0 Å². The van der Waals surface area contributed by atoms with E-state index in [2.05, 4.69) is 45.3 Å². The third kappa shape index (κ3) is 19.4. The standard InChI is InChI=1S/C32H62O2Si/c1-6-8-10-12-14-16-22-31-24-20-25-32(31)23-18-17-21-30(29-34-35(3,4)5)26-28-33-27-19-15-13-11-9-7-2/h7,16,22,30-32H,2,6,8-15,17-21,23-29H2,1,3-5H3/t30?,31-,32-/m0/s1. The molecule has 0 radical (unpaired) electrons. The van der Waals surface area contributed by atoms with Gasteiger partial charge in [0.05, 0.1) is 0 Å². The van der Waals surface area contributed by atoms with E-state index in [-0.39, 0.29) is 0 Å². The zero-order valence-corrected chi connectivity index (χ0v) is 25.3. The van der Waals surface area contributed by atoms with E-state index in [9.17, 15) is 0 Å². The van der Waals surface area contributed by atoms with Gasteiger partial charge in [0.25, 0.3) is 0 Å². The molecule has 0 aliphatic heterocycles. The summed E-state index contributed by atoms with van der Waals surface area (Å²) in [5, 5.41) is 0. The maximum atomic E-state index is 6.32. The first-order chi connectivity index (χ1) is 17.0. The molecule has 0 heterocycles. The van der Waals surface area contributed by atoms with Crippen LogP contribution >= 0.6 is 0 Å². The smallest absolute Gasteiger partial charge is 0.183 e. The predicted octanol–water partition coefficient (Wildman–Crippen LogP) is 10.5. The van der Waals surface area contributed by atoms with Crippen molar-refractivity contribution in [2.75, 3.05) is 19.8 Å². The van der Waals surface area contributed by atoms with E-state index in [0.29, 0.717) is 5.92 Å². The topological polar surface area (TPSA) is 18.5 Å². The molecule has 206 valence electrons. The first kappa shape index (κ1) is 32.6. The summed E-state index contributed by atoms with van der Waals surface area (Å²) in [4.78, 5) is 0. The fraction of sp³-hybridized carbons (Fsp3) is 0.875. The van der Waals surface area contributed by atoms with Crippen molar-refractivity contribution in [2.24, 2.45) is 17.8 Å². The summed E-state index contributed by atoms with van der Waals surface area (Å²) in [5.41, 5.74) is 0. The van der Waals surface area contributed by atoms with Gasteiger partial charge in [0.15, 0.2) is 8.32 Å². The third-order valence-electron chi connectivity index (χ3n) is 7.63. The summed E-state index contributed by atoms with van der Waals surface area (Å²) in [6, 6.07) is 0. The molecular weight excluding hydrogens is 444 g/mol. The average molecular weight is 507 g/mol. The summed E-state index contributed by atoms with van der Waals surface area (Å²) in [7, 11) is -1.45. The van der Waals surface area contributed by atoms with Gasteiger partial charge in [-0.15, -0.1) is 6.58 Å². The van der Waals surface area contributed by atoms with E-state index < -0.39 is 8.32 Å². The molecule has 0 aromatic heterocycles. The van der Waals surface area contributed by atoms with Crippen molar-refractivity contribution in [1.82, 2.24) is 0 Å². The van der Waals surface area contributed by atoms with Crippen LogP contribution in [0.5, 0.6) is 0 Å². The van der Waals surface area contributed by atoms with Crippen LogP contribution in [-0.4, -0.2) is 28.1 Å². The molecule has 0 spiro atoms. The summed E-state index contributed by atoms with van der Waals surface area (Å²) < 4.78 is 12.3. The Hall–Kier alpha value is -0.383. The van der Waals surface area contributed by atoms with Crippen LogP contribution in [0.15, 0.2) is 24.8 Å². The Balaban J connectivity index is 2.24. The lowest BCUT2D eigenvalue weighted by atomic mass is 9.89. The second-order valence-corrected chi connectivity index (χ2v) is 16.6. The van der Waals surface area contributed by atoms with Gasteiger partial charge < -0.3 is 9.16 Å². The minimum Gasteiger partial charge on any atom is -0.417 e. The molecule has 1 aliphatic carbocycles. The fourth-order valence-corrected chi connectivity index (χ4v) is 6.09. The molecule has 0 aromatic carbocycles. The highest BCUT2D eigenvalue weighted by Crippen LogP contribution is 2.36. The minimum atomic E-state index is -1.45. The fourth-order valence-electron chi connectivity index (χ4n) is 5.35. The lowest BCUT2D eigenvalue weighted by Gasteiger charge is -2.24. The molecule has 1 saturated carbocycles. The molecule has 1 unspecified atom stereocenters. The first-order valence-electron chi connectivity index (χ1n) is 15.5. The monoisotopic (exact) mass is 506 g/mol. The molecule has 3 atom stereocenters. The van der Waals surface area contributed by atoms with Gasteiger partial charge in [0.1, 0.15) is 0 Å². The zero-order valence-electron chi connectivity index (χ0n) is 24.3. The van der Waals surface area contributed by atoms with Gasteiger partial charge in [-0.1, -0.05) is 76.5 Å². The Bertz CT molecular complexity index is 510. The largest absolute Gasteiger partial charge is 0.417 e. The van der Waals surface area contributed by atoms with Gasteiger partial charge >= 0.3 is 0 Å². The number of hydrogen-bond acceptors (Lipinski definition) is 2. The summed E-state index contributed by atoms with van der Waals surface area (Å²) in [6.07, 6.45) is 31.1. The average Bonchev–Trinajstić information content (AvgIpc) is 3.27. The van der Waals surface area contributed by atoms with Crippen LogP contribution in [-0.2, 0) is 9.16 Å². The molecule has 0 amide bonds. The van der Waals surface area contributed by atoms with Gasteiger partial charge in [-0.25, -0.2) is 0 Å². The van der Waals surface area contributed by atoms with Crippen molar-refractivity contribution < 1.29 is 9.16 Å². The van der Waals surface area contributed by atoms with E-state index in [4.69, 9.17) is 9.16 Å². The molecule has 0 saturated heterocycles. The molecule has 3 heteroatoms. The quantitative estimate of drug-likeness (QED) is 0.0736. The predicted molar refractivity (Wildman–Crippen MR) is 159 cm³/mol. The Morgan fingerprint density at radius 2 is 1.63 bits per heavy atom. The maximum absolute atomic E-state index is 6.32. The normalized spacial score (nSPS) is 19.5. The number of hydrogen-bond donors (Lipinski definition) is 0. The molecule has 0 aromatic rings. The number of allylic oxidation sites excluding steroid dienone is 3. The first-order valence-corrected chi connectivity index (χ1v) is 18.9. The van der Waals surface area contributed by atoms with Crippen molar-refractivity contribution in [3.05, 3.63) is 24.8 Å². The molecule has 2 nitrogen and oxygen atoms in total. The second kappa shape index (κ2) is 21.7. The molecule has 0 N–H and O–H groups in total. The van der Waals surface area contributed by atoms with Crippen LogP contribution in [0, 0.1) is 17.8 Å². The number of rotatable bonds is 24. The van der Waals surface area contributed by atoms with Crippen molar-refractivity contribution >= 4 is 8.32 Å². The van der Waals surface area contributed by atoms with Crippen LogP contribution < -0.4 is 0 Å². The zero-order chi connectivity index (χ0) is 25.6. The minimum absolute atomic E-state index is 0.664. The number of unbranched alkanes of at least 4 members (excludes halogenated alkanes) is 9. The van der Waals surface area contributed by atoms with Crippen molar-refractivity contribution in [1.29, 1.82) is 0 Å². The maximum Gasteiger partial charge on any atom is 0.183 e. The number of ether oxygens (including phenoxy) is 1. The second-order valence-electron chi connectivity index (χ2n) is 12.1. The van der Waals surface area contributed by atoms with Gasteiger partial charge in [-0.05, 0) is 102 Å². The Morgan fingerprint density at radius 1 is 0.857 bits per heavy atom. The lowest BCUT2D eigenvalue weighted by molar-refractivity contribution is 0.102. The van der Waals surface area contributed by atoms with E-state index in [1.54, 1.807) is 0 Å². The highest BCUT2D eigenvalue weighted by atomic mass is 28.4. The van der Waals surface area contributed by atoms with Crippen LogP contribution in [0.25, 0.3) is 0 Å². The van der Waals surface area contributed by atoms with Gasteiger partial charge in [-0.3, -0.25) is 0 Å². The van der Waals surface area contributed by atoms with E-state index in [0.717, 1.165) is 44.5 Å². The van der Waals surface area contributed by atoms with Crippen molar-refractivity contribution in [3.63, 3.8) is 0 Å². The molecule has 35 heavy (non-hydrogen) atoms. The highest BCUT2D eigenvalue weighted by molar-refractivity contribution is 6.69. The summed E-state index contributed by atoms with van der Waals surface area (Å²) in [5.74, 6) is 2.46. The third-order valence-corrected chi connectivity index (χ3v) is 8.66.